The second-order valence-electron chi connectivity index (χ2n) is 4.35. The van der Waals surface area contributed by atoms with E-state index in [1.165, 1.54) is 0 Å². The molecule has 0 aliphatic rings. The fourth-order valence-corrected chi connectivity index (χ4v) is 1.36. The highest BCUT2D eigenvalue weighted by Gasteiger charge is 2.13. The van der Waals surface area contributed by atoms with E-state index in [-0.39, 0.29) is 11.5 Å². The highest BCUT2D eigenvalue weighted by atomic mass is 16.5. The molecule has 0 aliphatic carbocycles. The number of anilines is 1. The van der Waals surface area contributed by atoms with Crippen LogP contribution >= 0.6 is 0 Å². The Morgan fingerprint density at radius 3 is 2.82 bits per heavy atom. The fraction of sp³-hybridized carbons (Fsp3) is 0.357. The van der Waals surface area contributed by atoms with E-state index in [2.05, 4.69) is 11.9 Å². The topological polar surface area (TPSA) is 38.3 Å². The number of ether oxygens (including phenoxy) is 1. The second-order valence-corrected chi connectivity index (χ2v) is 4.35. The standard InChI is InChI=1S/C14H19NO2/c1-5-14(3,4)15-12-9-7-8-11(10-12)13(16)17-6-2/h5,7-10,15H,1,6H2,2-4H3. The number of hydrogen-bond donors (Lipinski definition) is 1. The molecule has 0 amide bonds. The first-order valence-electron chi connectivity index (χ1n) is 5.67. The van der Waals surface area contributed by atoms with E-state index in [9.17, 15) is 4.79 Å². The number of esters is 1. The maximum absolute atomic E-state index is 11.6. The minimum absolute atomic E-state index is 0.215. The Bertz CT molecular complexity index is 410. The van der Waals surface area contributed by atoms with Crippen molar-refractivity contribution >= 4 is 11.7 Å². The van der Waals surface area contributed by atoms with E-state index >= 15 is 0 Å². The predicted octanol–water partition coefficient (Wildman–Crippen LogP) is 3.24. The van der Waals surface area contributed by atoms with Crippen molar-refractivity contribution in [2.75, 3.05) is 11.9 Å². The van der Waals surface area contributed by atoms with E-state index in [1.807, 2.05) is 32.1 Å². The van der Waals surface area contributed by atoms with Gasteiger partial charge in [0.2, 0.25) is 0 Å². The molecule has 17 heavy (non-hydrogen) atoms. The Hall–Kier alpha value is -1.77. The maximum Gasteiger partial charge on any atom is 0.338 e. The van der Waals surface area contributed by atoms with Crippen LogP contribution in [0.3, 0.4) is 0 Å². The molecule has 1 N–H and O–H groups in total. The average molecular weight is 233 g/mol. The van der Waals surface area contributed by atoms with Crippen molar-refractivity contribution < 1.29 is 9.53 Å². The molecule has 0 spiro atoms. The summed E-state index contributed by atoms with van der Waals surface area (Å²) in [6.07, 6.45) is 1.82. The van der Waals surface area contributed by atoms with Gasteiger partial charge in [0, 0.05) is 11.2 Å². The van der Waals surface area contributed by atoms with Crippen molar-refractivity contribution in [3.8, 4) is 0 Å². The zero-order valence-corrected chi connectivity index (χ0v) is 10.6. The summed E-state index contributed by atoms with van der Waals surface area (Å²) in [5, 5.41) is 3.28. The molecule has 1 rings (SSSR count). The quantitative estimate of drug-likeness (QED) is 0.626. The van der Waals surface area contributed by atoms with Gasteiger partial charge in [-0.25, -0.2) is 4.79 Å². The maximum atomic E-state index is 11.6. The number of carbonyl (C=O) groups is 1. The highest BCUT2D eigenvalue weighted by molar-refractivity contribution is 5.90. The monoisotopic (exact) mass is 233 g/mol. The number of rotatable bonds is 5. The van der Waals surface area contributed by atoms with Gasteiger partial charge in [0.25, 0.3) is 0 Å². The molecule has 92 valence electrons. The predicted molar refractivity (Wildman–Crippen MR) is 70.3 cm³/mol. The molecular weight excluding hydrogens is 214 g/mol. The van der Waals surface area contributed by atoms with Gasteiger partial charge < -0.3 is 10.1 Å². The van der Waals surface area contributed by atoms with Crippen LogP contribution in [0.2, 0.25) is 0 Å². The van der Waals surface area contributed by atoms with Gasteiger partial charge in [-0.05, 0) is 39.0 Å². The van der Waals surface area contributed by atoms with Gasteiger partial charge in [0.05, 0.1) is 12.2 Å². The lowest BCUT2D eigenvalue weighted by Crippen LogP contribution is -2.27. The van der Waals surface area contributed by atoms with Crippen molar-refractivity contribution in [2.24, 2.45) is 0 Å². The van der Waals surface area contributed by atoms with Gasteiger partial charge in [-0.2, -0.15) is 0 Å². The molecule has 0 heterocycles. The summed E-state index contributed by atoms with van der Waals surface area (Å²) in [6, 6.07) is 7.26. The van der Waals surface area contributed by atoms with Crippen LogP contribution < -0.4 is 5.32 Å². The normalized spacial score (nSPS) is 10.8. The van der Waals surface area contributed by atoms with Crippen LogP contribution in [-0.4, -0.2) is 18.1 Å². The Labute approximate surface area is 102 Å². The van der Waals surface area contributed by atoms with E-state index < -0.39 is 0 Å². The molecule has 0 fully saturated rings. The summed E-state index contributed by atoms with van der Waals surface area (Å²) in [6.45, 7) is 9.96. The Morgan fingerprint density at radius 1 is 1.53 bits per heavy atom. The van der Waals surface area contributed by atoms with Crippen LogP contribution in [0.5, 0.6) is 0 Å². The van der Waals surface area contributed by atoms with Gasteiger partial charge in [-0.15, -0.1) is 6.58 Å². The average Bonchev–Trinajstić information content (AvgIpc) is 2.29. The molecule has 1 aromatic carbocycles. The molecule has 0 saturated heterocycles. The number of nitrogens with one attached hydrogen (secondary N) is 1. The fourth-order valence-electron chi connectivity index (χ4n) is 1.36. The largest absolute Gasteiger partial charge is 0.462 e. The molecule has 0 aromatic heterocycles. The van der Waals surface area contributed by atoms with Gasteiger partial charge in [0.1, 0.15) is 0 Å². The molecule has 3 nitrogen and oxygen atoms in total. The first kappa shape index (κ1) is 13.3. The van der Waals surface area contributed by atoms with Crippen LogP contribution in [0.4, 0.5) is 5.69 Å². The molecule has 0 unspecified atom stereocenters. The third-order valence-electron chi connectivity index (χ3n) is 2.35. The van der Waals surface area contributed by atoms with E-state index in [1.54, 1.807) is 19.1 Å². The molecular formula is C14H19NO2. The van der Waals surface area contributed by atoms with Crippen molar-refractivity contribution in [1.82, 2.24) is 0 Å². The van der Waals surface area contributed by atoms with Gasteiger partial charge in [-0.3, -0.25) is 0 Å². The Balaban J connectivity index is 2.86. The van der Waals surface area contributed by atoms with Crippen molar-refractivity contribution in [3.05, 3.63) is 42.5 Å². The van der Waals surface area contributed by atoms with Crippen molar-refractivity contribution in [3.63, 3.8) is 0 Å². The van der Waals surface area contributed by atoms with E-state index in [4.69, 9.17) is 4.74 Å². The lowest BCUT2D eigenvalue weighted by molar-refractivity contribution is 0.0526. The number of benzene rings is 1. The molecule has 3 heteroatoms. The van der Waals surface area contributed by atoms with E-state index in [0.29, 0.717) is 12.2 Å². The van der Waals surface area contributed by atoms with Crippen molar-refractivity contribution in [1.29, 1.82) is 0 Å². The Morgan fingerprint density at radius 2 is 2.24 bits per heavy atom. The molecule has 0 saturated carbocycles. The van der Waals surface area contributed by atoms with Crippen LogP contribution in [0.15, 0.2) is 36.9 Å². The molecule has 1 aromatic rings. The third-order valence-corrected chi connectivity index (χ3v) is 2.35. The van der Waals surface area contributed by atoms with Gasteiger partial charge in [0.15, 0.2) is 0 Å². The molecule has 0 bridgehead atoms. The second kappa shape index (κ2) is 5.53. The molecule has 0 atom stereocenters. The summed E-state index contributed by atoms with van der Waals surface area (Å²) in [7, 11) is 0. The lowest BCUT2D eigenvalue weighted by Gasteiger charge is -2.23. The minimum atomic E-state index is -0.299. The summed E-state index contributed by atoms with van der Waals surface area (Å²) in [5.41, 5.74) is 1.21. The lowest BCUT2D eigenvalue weighted by atomic mass is 10.1. The van der Waals surface area contributed by atoms with Crippen LogP contribution in [-0.2, 0) is 4.74 Å². The third kappa shape index (κ3) is 3.94. The molecule has 0 aliphatic heterocycles. The van der Waals surface area contributed by atoms with Crippen LogP contribution in [0.25, 0.3) is 0 Å². The zero-order valence-electron chi connectivity index (χ0n) is 10.6. The first-order chi connectivity index (χ1) is 7.98. The highest BCUT2D eigenvalue weighted by Crippen LogP contribution is 2.17. The first-order valence-corrected chi connectivity index (χ1v) is 5.67. The van der Waals surface area contributed by atoms with Crippen LogP contribution in [0, 0.1) is 0 Å². The summed E-state index contributed by atoms with van der Waals surface area (Å²) >= 11 is 0. The SMILES string of the molecule is C=CC(C)(C)Nc1cccc(C(=O)OCC)c1. The van der Waals surface area contributed by atoms with E-state index in [0.717, 1.165) is 5.69 Å². The summed E-state index contributed by atoms with van der Waals surface area (Å²) in [4.78, 5) is 11.6. The van der Waals surface area contributed by atoms with Crippen molar-refractivity contribution in [2.45, 2.75) is 26.3 Å². The smallest absolute Gasteiger partial charge is 0.338 e. The number of carbonyl (C=O) groups excluding carboxylic acids is 1. The minimum Gasteiger partial charge on any atom is -0.462 e. The Kier molecular flexibility index (Phi) is 4.32. The molecule has 0 radical (unpaired) electrons. The summed E-state index contributed by atoms with van der Waals surface area (Å²) in [5.74, 6) is -0.299. The van der Waals surface area contributed by atoms with Gasteiger partial charge in [-0.1, -0.05) is 12.1 Å². The number of hydrogen-bond acceptors (Lipinski definition) is 3. The van der Waals surface area contributed by atoms with Crippen LogP contribution in [0.1, 0.15) is 31.1 Å². The zero-order chi connectivity index (χ0) is 12.9. The van der Waals surface area contributed by atoms with Gasteiger partial charge >= 0.3 is 5.97 Å². The summed E-state index contributed by atoms with van der Waals surface area (Å²) < 4.78 is 4.95.